The van der Waals surface area contributed by atoms with E-state index in [-0.39, 0.29) is 12.1 Å². The molecule has 122 valence electrons. The molecule has 2 rings (SSSR count). The minimum Gasteiger partial charge on any atom is -0.490 e. The number of nitrogens with zero attached hydrogens (tertiary/aromatic N) is 1. The fourth-order valence-corrected chi connectivity index (χ4v) is 2.62. The Hall–Kier alpha value is -1.59. The molecular weight excluding hydrogens is 282 g/mol. The van der Waals surface area contributed by atoms with Crippen LogP contribution >= 0.6 is 0 Å². The Bertz CT molecular complexity index is 483. The van der Waals surface area contributed by atoms with Gasteiger partial charge in [-0.05, 0) is 31.9 Å². The third-order valence-electron chi connectivity index (χ3n) is 3.70. The second-order valence-corrected chi connectivity index (χ2v) is 5.56. The van der Waals surface area contributed by atoms with Crippen molar-refractivity contribution in [2.24, 2.45) is 0 Å². The van der Waals surface area contributed by atoms with Gasteiger partial charge in [0.15, 0.2) is 0 Å². The molecule has 0 amide bonds. The maximum Gasteiger partial charge on any atom is 0.320 e. The van der Waals surface area contributed by atoms with Crippen LogP contribution in [0.25, 0.3) is 0 Å². The Morgan fingerprint density at radius 1 is 1.36 bits per heavy atom. The van der Waals surface area contributed by atoms with Gasteiger partial charge in [0, 0.05) is 13.1 Å². The lowest BCUT2D eigenvalue weighted by Gasteiger charge is -2.32. The Labute approximate surface area is 132 Å². The monoisotopic (exact) mass is 307 g/mol. The van der Waals surface area contributed by atoms with E-state index in [1.165, 1.54) is 0 Å². The number of hydrogen-bond acceptors (Lipinski definition) is 5. The van der Waals surface area contributed by atoms with Crippen LogP contribution in [0.4, 0.5) is 0 Å². The van der Waals surface area contributed by atoms with Crippen LogP contribution in [0, 0.1) is 13.8 Å². The Balaban J connectivity index is 1.84. The number of aryl methyl sites for hydroxylation is 2. The van der Waals surface area contributed by atoms with Crippen molar-refractivity contribution in [3.8, 4) is 5.75 Å². The van der Waals surface area contributed by atoms with E-state index in [9.17, 15) is 4.79 Å². The number of esters is 1. The predicted molar refractivity (Wildman–Crippen MR) is 84.2 cm³/mol. The Kier molecular flexibility index (Phi) is 6.21. The Morgan fingerprint density at radius 2 is 2.09 bits per heavy atom. The standard InChI is InChI=1S/C17H25NO4/c1-4-20-16(19)11-18-8-9-21-15(10-18)12-22-17-13(2)6-5-7-14(17)3/h5-7,15H,4,8-12H2,1-3H3. The highest BCUT2D eigenvalue weighted by atomic mass is 16.5. The first kappa shape index (κ1) is 16.8. The number of morpholine rings is 1. The number of hydrogen-bond donors (Lipinski definition) is 0. The van der Waals surface area contributed by atoms with Crippen LogP contribution in [-0.2, 0) is 14.3 Å². The van der Waals surface area contributed by atoms with Gasteiger partial charge in [0.2, 0.25) is 0 Å². The molecule has 0 aromatic heterocycles. The van der Waals surface area contributed by atoms with E-state index in [1.54, 1.807) is 0 Å². The quantitative estimate of drug-likeness (QED) is 0.752. The summed E-state index contributed by atoms with van der Waals surface area (Å²) in [4.78, 5) is 13.6. The molecule has 1 atom stereocenters. The molecule has 1 unspecified atom stereocenters. The summed E-state index contributed by atoms with van der Waals surface area (Å²) >= 11 is 0. The summed E-state index contributed by atoms with van der Waals surface area (Å²) in [6.07, 6.45) is -0.0258. The highest BCUT2D eigenvalue weighted by molar-refractivity contribution is 5.71. The number of carbonyl (C=O) groups is 1. The third kappa shape index (κ3) is 4.71. The number of para-hydroxylation sites is 1. The van der Waals surface area contributed by atoms with Gasteiger partial charge in [0.1, 0.15) is 18.5 Å². The number of carbonyl (C=O) groups excluding carboxylic acids is 1. The number of benzene rings is 1. The van der Waals surface area contributed by atoms with Crippen LogP contribution in [0.2, 0.25) is 0 Å². The van der Waals surface area contributed by atoms with Crippen molar-refractivity contribution in [2.75, 3.05) is 39.5 Å². The molecule has 0 radical (unpaired) electrons. The van der Waals surface area contributed by atoms with Crippen LogP contribution < -0.4 is 4.74 Å². The van der Waals surface area contributed by atoms with Crippen LogP contribution in [0.5, 0.6) is 5.75 Å². The van der Waals surface area contributed by atoms with Crippen LogP contribution in [0.1, 0.15) is 18.1 Å². The van der Waals surface area contributed by atoms with Crippen molar-refractivity contribution < 1.29 is 19.0 Å². The molecule has 5 nitrogen and oxygen atoms in total. The van der Waals surface area contributed by atoms with E-state index in [2.05, 4.69) is 4.90 Å². The van der Waals surface area contributed by atoms with E-state index in [0.717, 1.165) is 23.4 Å². The van der Waals surface area contributed by atoms with Crippen molar-refractivity contribution in [3.05, 3.63) is 29.3 Å². The molecule has 1 aliphatic rings. The lowest BCUT2D eigenvalue weighted by Crippen LogP contribution is -2.47. The molecule has 0 spiro atoms. The molecule has 0 N–H and O–H groups in total. The van der Waals surface area contributed by atoms with Gasteiger partial charge >= 0.3 is 5.97 Å². The summed E-state index contributed by atoms with van der Waals surface area (Å²) in [5.41, 5.74) is 2.25. The van der Waals surface area contributed by atoms with E-state index in [4.69, 9.17) is 14.2 Å². The summed E-state index contributed by atoms with van der Waals surface area (Å²) in [7, 11) is 0. The highest BCUT2D eigenvalue weighted by Gasteiger charge is 2.23. The topological polar surface area (TPSA) is 48.0 Å². The molecule has 22 heavy (non-hydrogen) atoms. The Morgan fingerprint density at radius 3 is 2.77 bits per heavy atom. The number of rotatable bonds is 6. The maximum absolute atomic E-state index is 11.6. The lowest BCUT2D eigenvalue weighted by molar-refractivity contribution is -0.146. The molecule has 1 aromatic carbocycles. The first-order valence-corrected chi connectivity index (χ1v) is 7.78. The van der Waals surface area contributed by atoms with E-state index in [1.807, 2.05) is 39.0 Å². The zero-order valence-electron chi connectivity index (χ0n) is 13.6. The molecule has 1 fully saturated rings. The summed E-state index contributed by atoms with van der Waals surface area (Å²) in [5.74, 6) is 0.743. The second kappa shape index (κ2) is 8.15. The first-order chi connectivity index (χ1) is 10.6. The predicted octanol–water partition coefficient (Wildman–Crippen LogP) is 1.95. The molecular formula is C17H25NO4. The van der Waals surface area contributed by atoms with Gasteiger partial charge in [-0.2, -0.15) is 0 Å². The van der Waals surface area contributed by atoms with Gasteiger partial charge in [-0.3, -0.25) is 9.69 Å². The van der Waals surface area contributed by atoms with Crippen LogP contribution in [0.15, 0.2) is 18.2 Å². The molecule has 0 bridgehead atoms. The molecule has 0 saturated carbocycles. The average Bonchev–Trinajstić information content (AvgIpc) is 2.47. The normalized spacial score (nSPS) is 19.0. The summed E-state index contributed by atoms with van der Waals surface area (Å²) in [5, 5.41) is 0. The molecule has 5 heteroatoms. The SMILES string of the molecule is CCOC(=O)CN1CCOC(COc2c(C)cccc2C)C1. The largest absolute Gasteiger partial charge is 0.490 e. The van der Waals surface area contributed by atoms with Crippen molar-refractivity contribution in [2.45, 2.75) is 26.9 Å². The van der Waals surface area contributed by atoms with E-state index in [0.29, 0.717) is 32.9 Å². The van der Waals surface area contributed by atoms with Gasteiger partial charge < -0.3 is 14.2 Å². The minimum atomic E-state index is -0.182. The molecule has 1 saturated heterocycles. The fourth-order valence-electron chi connectivity index (χ4n) is 2.62. The summed E-state index contributed by atoms with van der Waals surface area (Å²) in [6.45, 7) is 9.17. The van der Waals surface area contributed by atoms with E-state index < -0.39 is 0 Å². The van der Waals surface area contributed by atoms with Gasteiger partial charge in [-0.25, -0.2) is 0 Å². The first-order valence-electron chi connectivity index (χ1n) is 7.78. The van der Waals surface area contributed by atoms with Gasteiger partial charge in [-0.1, -0.05) is 18.2 Å². The fraction of sp³-hybridized carbons (Fsp3) is 0.588. The highest BCUT2D eigenvalue weighted by Crippen LogP contribution is 2.22. The van der Waals surface area contributed by atoms with Crippen molar-refractivity contribution in [1.29, 1.82) is 0 Å². The smallest absolute Gasteiger partial charge is 0.320 e. The van der Waals surface area contributed by atoms with Gasteiger partial charge in [-0.15, -0.1) is 0 Å². The molecule has 1 aliphatic heterocycles. The molecule has 1 heterocycles. The molecule has 0 aliphatic carbocycles. The molecule has 1 aromatic rings. The lowest BCUT2D eigenvalue weighted by atomic mass is 10.1. The zero-order valence-corrected chi connectivity index (χ0v) is 13.6. The van der Waals surface area contributed by atoms with Crippen molar-refractivity contribution in [1.82, 2.24) is 4.90 Å². The average molecular weight is 307 g/mol. The number of ether oxygens (including phenoxy) is 3. The maximum atomic E-state index is 11.6. The van der Waals surface area contributed by atoms with E-state index >= 15 is 0 Å². The van der Waals surface area contributed by atoms with Gasteiger partial charge in [0.25, 0.3) is 0 Å². The van der Waals surface area contributed by atoms with Crippen LogP contribution in [0.3, 0.4) is 0 Å². The van der Waals surface area contributed by atoms with Crippen molar-refractivity contribution >= 4 is 5.97 Å². The summed E-state index contributed by atoms with van der Waals surface area (Å²) in [6, 6.07) is 6.10. The summed E-state index contributed by atoms with van der Waals surface area (Å²) < 4.78 is 16.7. The third-order valence-corrected chi connectivity index (χ3v) is 3.70. The second-order valence-electron chi connectivity index (χ2n) is 5.56. The van der Waals surface area contributed by atoms with Gasteiger partial charge in [0.05, 0.1) is 19.8 Å². The zero-order chi connectivity index (χ0) is 15.9. The minimum absolute atomic E-state index is 0.0258. The van der Waals surface area contributed by atoms with Crippen LogP contribution in [-0.4, -0.2) is 56.4 Å². The van der Waals surface area contributed by atoms with Crippen molar-refractivity contribution in [3.63, 3.8) is 0 Å².